The number of carbonyl (C=O) groups excluding carboxylic acids is 2. The summed E-state index contributed by atoms with van der Waals surface area (Å²) in [7, 11) is 1.51. The Labute approximate surface area is 275 Å². The van der Waals surface area contributed by atoms with Crippen molar-refractivity contribution >= 4 is 29.2 Å². The summed E-state index contributed by atoms with van der Waals surface area (Å²) >= 11 is 6.51. The topological polar surface area (TPSA) is 111 Å². The first-order chi connectivity index (χ1) is 22.0. The monoisotopic (exact) mass is 674 g/mol. The summed E-state index contributed by atoms with van der Waals surface area (Å²) in [4.78, 5) is 46.3. The van der Waals surface area contributed by atoms with E-state index in [0.29, 0.717) is 12.0 Å². The molecule has 252 valence electrons. The van der Waals surface area contributed by atoms with Gasteiger partial charge in [0.2, 0.25) is 0 Å². The maximum absolute atomic E-state index is 14.1. The molecule has 0 spiro atoms. The van der Waals surface area contributed by atoms with Gasteiger partial charge in [-0.3, -0.25) is 9.36 Å². The van der Waals surface area contributed by atoms with Crippen LogP contribution in [0.2, 0.25) is 5.15 Å². The predicted molar refractivity (Wildman–Crippen MR) is 171 cm³/mol. The Morgan fingerprint density at radius 2 is 1.68 bits per heavy atom. The summed E-state index contributed by atoms with van der Waals surface area (Å²) in [5.41, 5.74) is -0.427. The largest absolute Gasteiger partial charge is 0.444 e. The molecule has 0 radical (unpaired) electrons. The molecule has 4 aromatic rings. The minimum Gasteiger partial charge on any atom is -0.444 e. The zero-order valence-electron chi connectivity index (χ0n) is 27.1. The van der Waals surface area contributed by atoms with E-state index in [1.807, 2.05) is 44.2 Å². The van der Waals surface area contributed by atoms with Gasteiger partial charge in [0.05, 0.1) is 11.6 Å². The molecule has 4 rings (SSSR count). The van der Waals surface area contributed by atoms with Gasteiger partial charge in [0, 0.05) is 37.7 Å². The highest BCUT2D eigenvalue weighted by Crippen LogP contribution is 2.32. The van der Waals surface area contributed by atoms with Crippen molar-refractivity contribution in [1.82, 2.24) is 29.4 Å². The second kappa shape index (κ2) is 14.2. The van der Waals surface area contributed by atoms with Gasteiger partial charge >= 0.3 is 18.0 Å². The van der Waals surface area contributed by atoms with Crippen LogP contribution in [0, 0.1) is 5.92 Å². The molecule has 0 bridgehead atoms. The van der Waals surface area contributed by atoms with Crippen LogP contribution in [-0.4, -0.2) is 54.8 Å². The van der Waals surface area contributed by atoms with E-state index in [-0.39, 0.29) is 47.6 Å². The lowest BCUT2D eigenvalue weighted by Crippen LogP contribution is -2.43. The highest BCUT2D eigenvalue weighted by atomic mass is 35.5. The number of hydrogen-bond donors (Lipinski definition) is 1. The van der Waals surface area contributed by atoms with Crippen molar-refractivity contribution in [3.8, 4) is 0 Å². The van der Waals surface area contributed by atoms with Crippen LogP contribution in [-0.2, 0) is 24.4 Å². The third-order valence-electron chi connectivity index (χ3n) is 7.36. The Kier molecular flexibility index (Phi) is 10.7. The Balaban J connectivity index is 1.77. The van der Waals surface area contributed by atoms with Crippen molar-refractivity contribution in [2.24, 2.45) is 13.0 Å². The van der Waals surface area contributed by atoms with Gasteiger partial charge in [0.25, 0.3) is 5.91 Å². The predicted octanol–water partition coefficient (Wildman–Crippen LogP) is 6.45. The van der Waals surface area contributed by atoms with Crippen LogP contribution in [0.1, 0.15) is 80.0 Å². The first kappa shape index (κ1) is 35.5. The summed E-state index contributed by atoms with van der Waals surface area (Å²) in [6, 6.07) is 12.6. The Morgan fingerprint density at radius 3 is 2.26 bits per heavy atom. The molecule has 2 aromatic heterocycles. The SMILES string of the molecule is CC(C)C(c1nc2c(Cc3ccccc3)c(Cl)nn2c(=O)n1C)N(CCCNC(=O)OC(C)(C)C)C(=O)c1ccc(C(F)(F)F)cc1. The Bertz CT molecular complexity index is 1780. The van der Waals surface area contributed by atoms with Crippen LogP contribution < -0.4 is 11.0 Å². The molecule has 0 aliphatic carbocycles. The van der Waals surface area contributed by atoms with Gasteiger partial charge in [0.15, 0.2) is 10.8 Å². The lowest BCUT2D eigenvalue weighted by Gasteiger charge is -2.35. The van der Waals surface area contributed by atoms with E-state index in [1.54, 1.807) is 20.8 Å². The van der Waals surface area contributed by atoms with Crippen LogP contribution in [0.25, 0.3) is 5.65 Å². The van der Waals surface area contributed by atoms with Gasteiger partial charge in [0.1, 0.15) is 11.4 Å². The zero-order chi connectivity index (χ0) is 34.7. The maximum atomic E-state index is 14.1. The lowest BCUT2D eigenvalue weighted by molar-refractivity contribution is -0.137. The molecule has 14 heteroatoms. The molecule has 0 aliphatic heterocycles. The van der Waals surface area contributed by atoms with Gasteiger partial charge in [-0.15, -0.1) is 5.10 Å². The summed E-state index contributed by atoms with van der Waals surface area (Å²) in [6.45, 7) is 9.10. The summed E-state index contributed by atoms with van der Waals surface area (Å²) < 4.78 is 47.6. The number of nitrogens with zero attached hydrogens (tertiary/aromatic N) is 5. The molecule has 1 N–H and O–H groups in total. The van der Waals surface area contributed by atoms with E-state index in [1.165, 1.54) is 16.5 Å². The molecular formula is C33H38ClF3N6O4. The molecule has 1 unspecified atom stereocenters. The number of benzene rings is 2. The van der Waals surface area contributed by atoms with Crippen LogP contribution in [0.5, 0.6) is 0 Å². The van der Waals surface area contributed by atoms with Gasteiger partial charge < -0.3 is 15.0 Å². The van der Waals surface area contributed by atoms with Gasteiger partial charge in [-0.05, 0) is 62.9 Å². The molecule has 10 nitrogen and oxygen atoms in total. The number of ether oxygens (including phenoxy) is 1. The normalized spacial score (nSPS) is 12.7. The van der Waals surface area contributed by atoms with Gasteiger partial charge in [-0.1, -0.05) is 55.8 Å². The van der Waals surface area contributed by atoms with Crippen LogP contribution >= 0.6 is 11.6 Å². The number of amides is 2. The van der Waals surface area contributed by atoms with E-state index in [4.69, 9.17) is 21.3 Å². The number of fused-ring (bicyclic) bond motifs is 1. The molecule has 47 heavy (non-hydrogen) atoms. The number of hydrogen-bond acceptors (Lipinski definition) is 6. The highest BCUT2D eigenvalue weighted by Gasteiger charge is 2.34. The van der Waals surface area contributed by atoms with Crippen LogP contribution in [0.4, 0.5) is 18.0 Å². The number of nitrogens with one attached hydrogen (secondary N) is 1. The molecule has 2 amide bonds. The Morgan fingerprint density at radius 1 is 1.04 bits per heavy atom. The van der Waals surface area contributed by atoms with E-state index < -0.39 is 41.1 Å². The second-order valence-electron chi connectivity index (χ2n) is 12.5. The number of halogens is 4. The standard InChI is InChI=1S/C33H38ClF3N6O4/c1-20(2)25(28-39-27-24(19-21-11-8-7-9-12-21)26(34)40-43(27)31(46)41(28)6)42(18-10-17-38-30(45)47-32(3,4)5)29(44)22-13-15-23(16-14-22)33(35,36)37/h7-9,11-16,20,25H,10,17-19H2,1-6H3,(H,38,45). The fourth-order valence-electron chi connectivity index (χ4n) is 5.19. The third-order valence-corrected chi connectivity index (χ3v) is 7.66. The minimum absolute atomic E-state index is 0.0204. The van der Waals surface area contributed by atoms with E-state index in [2.05, 4.69) is 10.4 Å². The fraction of sp³-hybridized carbons (Fsp3) is 0.424. The van der Waals surface area contributed by atoms with Crippen molar-refractivity contribution in [2.75, 3.05) is 13.1 Å². The molecule has 1 atom stereocenters. The highest BCUT2D eigenvalue weighted by molar-refractivity contribution is 6.30. The van der Waals surface area contributed by atoms with Crippen LogP contribution in [0.15, 0.2) is 59.4 Å². The first-order valence-corrected chi connectivity index (χ1v) is 15.5. The summed E-state index contributed by atoms with van der Waals surface area (Å²) in [6.07, 6.45) is -4.59. The molecule has 2 heterocycles. The molecule has 0 saturated carbocycles. The quantitative estimate of drug-likeness (QED) is 0.194. The van der Waals surface area contributed by atoms with E-state index in [9.17, 15) is 27.6 Å². The van der Waals surface area contributed by atoms with E-state index >= 15 is 0 Å². The number of rotatable bonds is 10. The van der Waals surface area contributed by atoms with Crippen molar-refractivity contribution in [2.45, 2.75) is 65.3 Å². The van der Waals surface area contributed by atoms with Crippen molar-refractivity contribution in [3.63, 3.8) is 0 Å². The average Bonchev–Trinajstić information content (AvgIpc) is 3.30. The van der Waals surface area contributed by atoms with Crippen LogP contribution in [0.3, 0.4) is 0 Å². The average molecular weight is 675 g/mol. The molecule has 2 aromatic carbocycles. The molecular weight excluding hydrogens is 637 g/mol. The lowest BCUT2D eigenvalue weighted by atomic mass is 9.99. The molecule has 0 saturated heterocycles. The Hall–Kier alpha value is -4.39. The number of aromatic nitrogens is 4. The fourth-order valence-corrected chi connectivity index (χ4v) is 5.42. The summed E-state index contributed by atoms with van der Waals surface area (Å²) in [5, 5.41) is 7.01. The second-order valence-corrected chi connectivity index (χ2v) is 12.9. The van der Waals surface area contributed by atoms with E-state index in [0.717, 1.165) is 34.3 Å². The van der Waals surface area contributed by atoms with Crippen molar-refractivity contribution in [3.05, 3.63) is 98.3 Å². The molecule has 0 aliphatic rings. The first-order valence-electron chi connectivity index (χ1n) is 15.1. The number of alkyl halides is 3. The smallest absolute Gasteiger partial charge is 0.416 e. The van der Waals surface area contributed by atoms with Crippen molar-refractivity contribution < 1.29 is 27.5 Å². The van der Waals surface area contributed by atoms with Gasteiger partial charge in [-0.2, -0.15) is 17.7 Å². The summed E-state index contributed by atoms with van der Waals surface area (Å²) in [5.74, 6) is -0.646. The third kappa shape index (κ3) is 8.51. The minimum atomic E-state index is -4.57. The number of alkyl carbamates (subject to hydrolysis) is 1. The number of carbonyl (C=O) groups is 2. The zero-order valence-corrected chi connectivity index (χ0v) is 27.8. The van der Waals surface area contributed by atoms with Gasteiger partial charge in [-0.25, -0.2) is 14.6 Å². The maximum Gasteiger partial charge on any atom is 0.416 e. The van der Waals surface area contributed by atoms with Crippen molar-refractivity contribution in [1.29, 1.82) is 0 Å². The molecule has 0 fully saturated rings.